The lowest BCUT2D eigenvalue weighted by atomic mass is 9.96. The molecular weight excluding hydrogens is 268 g/mol. The van der Waals surface area contributed by atoms with Gasteiger partial charge < -0.3 is 19.9 Å². The number of methoxy groups -OCH3 is 2. The third-order valence-corrected chi connectivity index (χ3v) is 3.94. The van der Waals surface area contributed by atoms with E-state index in [9.17, 15) is 5.11 Å². The van der Waals surface area contributed by atoms with Gasteiger partial charge in [0.1, 0.15) is 0 Å². The minimum absolute atomic E-state index is 0.173. The Morgan fingerprint density at radius 2 is 1.95 bits per heavy atom. The second kappa shape index (κ2) is 12.4. The van der Waals surface area contributed by atoms with Crippen molar-refractivity contribution in [1.82, 2.24) is 10.2 Å². The van der Waals surface area contributed by atoms with E-state index in [0.29, 0.717) is 6.04 Å². The molecular formula is C16H36N2O3. The number of aliphatic hydroxyl groups is 1. The van der Waals surface area contributed by atoms with Crippen LogP contribution in [0.4, 0.5) is 0 Å². The van der Waals surface area contributed by atoms with Gasteiger partial charge in [-0.15, -0.1) is 0 Å². The van der Waals surface area contributed by atoms with Gasteiger partial charge in [0.15, 0.2) is 0 Å². The predicted molar refractivity (Wildman–Crippen MR) is 87.8 cm³/mol. The molecule has 2 atom stereocenters. The van der Waals surface area contributed by atoms with Gasteiger partial charge in [-0.1, -0.05) is 6.92 Å². The van der Waals surface area contributed by atoms with Gasteiger partial charge in [0.2, 0.25) is 0 Å². The summed E-state index contributed by atoms with van der Waals surface area (Å²) in [6, 6.07) is 0.383. The minimum Gasteiger partial charge on any atom is -0.394 e. The van der Waals surface area contributed by atoms with Crippen molar-refractivity contribution in [3.63, 3.8) is 0 Å². The molecule has 5 heteroatoms. The van der Waals surface area contributed by atoms with Crippen LogP contribution in [0.25, 0.3) is 0 Å². The molecule has 0 saturated heterocycles. The second-order valence-electron chi connectivity index (χ2n) is 6.08. The number of nitrogens with zero attached hydrogens (tertiary/aromatic N) is 1. The molecule has 0 aromatic carbocycles. The first-order valence-electron chi connectivity index (χ1n) is 8.10. The van der Waals surface area contributed by atoms with Crippen LogP contribution in [0.15, 0.2) is 0 Å². The zero-order chi connectivity index (χ0) is 16.1. The fourth-order valence-corrected chi connectivity index (χ4v) is 2.43. The van der Waals surface area contributed by atoms with Crippen LogP contribution in [0, 0.1) is 0 Å². The van der Waals surface area contributed by atoms with E-state index in [2.05, 4.69) is 31.0 Å². The summed E-state index contributed by atoms with van der Waals surface area (Å²) in [5.41, 5.74) is -0.173. The molecule has 0 aromatic heterocycles. The molecule has 0 saturated carbocycles. The lowest BCUT2D eigenvalue weighted by molar-refractivity contribution is 0.0707. The average molecular weight is 304 g/mol. The predicted octanol–water partition coefficient (Wildman–Crippen LogP) is 1.50. The highest BCUT2D eigenvalue weighted by atomic mass is 16.5. The minimum atomic E-state index is -0.173. The highest BCUT2D eigenvalue weighted by Crippen LogP contribution is 2.13. The summed E-state index contributed by atoms with van der Waals surface area (Å²) in [5, 5.41) is 13.0. The molecule has 0 amide bonds. The molecule has 0 bridgehead atoms. The molecule has 2 N–H and O–H groups in total. The Bertz CT molecular complexity index is 242. The lowest BCUT2D eigenvalue weighted by Gasteiger charge is -2.32. The van der Waals surface area contributed by atoms with Gasteiger partial charge in [0, 0.05) is 32.3 Å². The maximum absolute atomic E-state index is 9.60. The summed E-state index contributed by atoms with van der Waals surface area (Å²) in [6.45, 7) is 10.9. The zero-order valence-electron chi connectivity index (χ0n) is 14.7. The molecule has 0 aliphatic carbocycles. The third-order valence-electron chi connectivity index (χ3n) is 3.94. The van der Waals surface area contributed by atoms with E-state index in [-0.39, 0.29) is 12.1 Å². The summed E-state index contributed by atoms with van der Waals surface area (Å²) in [7, 11) is 3.47. The smallest absolute Gasteiger partial charge is 0.0615 e. The lowest BCUT2D eigenvalue weighted by Crippen LogP contribution is -2.47. The first-order chi connectivity index (χ1) is 10.0. The fourth-order valence-electron chi connectivity index (χ4n) is 2.43. The molecule has 5 nitrogen and oxygen atoms in total. The van der Waals surface area contributed by atoms with Crippen molar-refractivity contribution in [2.24, 2.45) is 0 Å². The maximum Gasteiger partial charge on any atom is 0.0615 e. The highest BCUT2D eigenvalue weighted by molar-refractivity contribution is 4.82. The number of rotatable bonds is 14. The quantitative estimate of drug-likeness (QED) is 0.509. The van der Waals surface area contributed by atoms with Crippen molar-refractivity contribution in [2.75, 3.05) is 53.7 Å². The number of nitrogens with one attached hydrogen (secondary N) is 1. The van der Waals surface area contributed by atoms with Crippen LogP contribution in [0.2, 0.25) is 0 Å². The van der Waals surface area contributed by atoms with Gasteiger partial charge in [-0.3, -0.25) is 4.90 Å². The second-order valence-corrected chi connectivity index (χ2v) is 6.08. The molecule has 0 fully saturated rings. The summed E-state index contributed by atoms with van der Waals surface area (Å²) in [4.78, 5) is 2.39. The standard InChI is InChI=1S/C16H36N2O3/c1-6-9-17-16(3,14-19)8-7-10-18(11-12-20-4)15(2)13-21-5/h15,17,19H,6-14H2,1-5H3. The fraction of sp³-hybridized carbons (Fsp3) is 1.00. The van der Waals surface area contributed by atoms with E-state index in [1.807, 2.05) is 0 Å². The van der Waals surface area contributed by atoms with Crippen molar-refractivity contribution < 1.29 is 14.6 Å². The van der Waals surface area contributed by atoms with Crippen molar-refractivity contribution in [3.8, 4) is 0 Å². The van der Waals surface area contributed by atoms with Gasteiger partial charge in [-0.25, -0.2) is 0 Å². The first kappa shape index (κ1) is 20.8. The largest absolute Gasteiger partial charge is 0.394 e. The van der Waals surface area contributed by atoms with E-state index in [1.54, 1.807) is 14.2 Å². The molecule has 0 aliphatic heterocycles. The van der Waals surface area contributed by atoms with Gasteiger partial charge >= 0.3 is 0 Å². The van der Waals surface area contributed by atoms with Crippen LogP contribution in [-0.4, -0.2) is 75.3 Å². The van der Waals surface area contributed by atoms with E-state index in [4.69, 9.17) is 9.47 Å². The Labute approximate surface area is 131 Å². The topological polar surface area (TPSA) is 54.0 Å². The Morgan fingerprint density at radius 3 is 2.48 bits per heavy atom. The van der Waals surface area contributed by atoms with Gasteiger partial charge in [-0.2, -0.15) is 0 Å². The molecule has 0 radical (unpaired) electrons. The van der Waals surface area contributed by atoms with Gasteiger partial charge in [-0.05, 0) is 46.2 Å². The van der Waals surface area contributed by atoms with Crippen LogP contribution in [-0.2, 0) is 9.47 Å². The molecule has 0 spiro atoms. The Kier molecular flexibility index (Phi) is 12.2. The van der Waals surface area contributed by atoms with Gasteiger partial charge in [0.05, 0.1) is 19.8 Å². The molecule has 0 rings (SSSR count). The molecule has 21 heavy (non-hydrogen) atoms. The van der Waals surface area contributed by atoms with Crippen molar-refractivity contribution in [2.45, 2.75) is 51.6 Å². The number of ether oxygens (including phenoxy) is 2. The van der Waals surface area contributed by atoms with Gasteiger partial charge in [0.25, 0.3) is 0 Å². The summed E-state index contributed by atoms with van der Waals surface area (Å²) in [5.74, 6) is 0. The monoisotopic (exact) mass is 304 g/mol. The molecule has 128 valence electrons. The summed E-state index contributed by atoms with van der Waals surface area (Å²) >= 11 is 0. The number of hydrogen-bond acceptors (Lipinski definition) is 5. The summed E-state index contributed by atoms with van der Waals surface area (Å²) < 4.78 is 10.4. The molecule has 0 heterocycles. The highest BCUT2D eigenvalue weighted by Gasteiger charge is 2.22. The van der Waals surface area contributed by atoms with E-state index >= 15 is 0 Å². The van der Waals surface area contributed by atoms with E-state index < -0.39 is 0 Å². The normalized spacial score (nSPS) is 16.1. The van der Waals surface area contributed by atoms with Crippen molar-refractivity contribution >= 4 is 0 Å². The first-order valence-corrected chi connectivity index (χ1v) is 8.10. The van der Waals surface area contributed by atoms with Crippen molar-refractivity contribution in [1.29, 1.82) is 0 Å². The molecule has 0 aromatic rings. The van der Waals surface area contributed by atoms with E-state index in [0.717, 1.165) is 52.1 Å². The van der Waals surface area contributed by atoms with Crippen LogP contribution in [0.1, 0.15) is 40.0 Å². The van der Waals surface area contributed by atoms with Crippen LogP contribution in [0.5, 0.6) is 0 Å². The maximum atomic E-state index is 9.60. The average Bonchev–Trinajstić information content (AvgIpc) is 2.48. The van der Waals surface area contributed by atoms with Crippen molar-refractivity contribution in [3.05, 3.63) is 0 Å². The van der Waals surface area contributed by atoms with Crippen LogP contribution < -0.4 is 5.32 Å². The molecule has 0 aliphatic rings. The Morgan fingerprint density at radius 1 is 1.24 bits per heavy atom. The van der Waals surface area contributed by atoms with Crippen LogP contribution >= 0.6 is 0 Å². The summed E-state index contributed by atoms with van der Waals surface area (Å²) in [6.07, 6.45) is 3.10. The number of hydrogen-bond donors (Lipinski definition) is 2. The Balaban J connectivity index is 4.25. The third kappa shape index (κ3) is 9.42. The Hall–Kier alpha value is -0.200. The van der Waals surface area contributed by atoms with E-state index in [1.165, 1.54) is 0 Å². The van der Waals surface area contributed by atoms with Crippen LogP contribution in [0.3, 0.4) is 0 Å². The molecule has 2 unspecified atom stereocenters. The zero-order valence-corrected chi connectivity index (χ0v) is 14.7. The SMILES string of the molecule is CCCNC(C)(CO)CCCN(CCOC)C(C)COC. The number of aliphatic hydroxyl groups excluding tert-OH is 1.